The monoisotopic (exact) mass is 406 g/mol. The van der Waals surface area contributed by atoms with Crippen molar-refractivity contribution in [3.63, 3.8) is 0 Å². The first-order valence-corrected chi connectivity index (χ1v) is 9.96. The van der Waals surface area contributed by atoms with Gasteiger partial charge in [-0.1, -0.05) is 41.5 Å². The van der Waals surface area contributed by atoms with Gasteiger partial charge in [0.05, 0.1) is 17.2 Å². The Labute approximate surface area is 174 Å². The number of piperidine rings is 1. The van der Waals surface area contributed by atoms with Gasteiger partial charge in [-0.05, 0) is 49.2 Å². The van der Waals surface area contributed by atoms with Gasteiger partial charge < -0.3 is 9.47 Å². The molecule has 0 bridgehead atoms. The lowest BCUT2D eigenvalue weighted by molar-refractivity contribution is -0.0284. The van der Waals surface area contributed by atoms with Crippen LogP contribution in [0, 0.1) is 0 Å². The van der Waals surface area contributed by atoms with Crippen LogP contribution in [0.5, 0.6) is 0 Å². The van der Waals surface area contributed by atoms with Crippen LogP contribution in [0.2, 0.25) is 0 Å². The van der Waals surface area contributed by atoms with Crippen molar-refractivity contribution in [1.29, 1.82) is 0 Å². The number of hydrogen-bond acceptors (Lipinski definition) is 6. The fourth-order valence-corrected chi connectivity index (χ4v) is 4.16. The number of esters is 2. The molecule has 2 aromatic carbocycles. The van der Waals surface area contributed by atoms with E-state index in [4.69, 9.17) is 15.0 Å². The predicted molar refractivity (Wildman–Crippen MR) is 109 cm³/mol. The molecule has 2 aromatic rings. The minimum absolute atomic E-state index is 0.169. The molecule has 8 heteroatoms. The standard InChI is InChI=1S/C22H22N4O4/c23-25-24-17-11-12-26-14-19(29-21(27)15-7-3-1-4-8-15)20(18(26)13-17)30-22(28)16-9-5-2-6-10-16/h1-10,17-20H,11-14H2/t17-,18-,19-,20-/m1/s1. The van der Waals surface area contributed by atoms with Gasteiger partial charge in [-0.3, -0.25) is 4.90 Å². The summed E-state index contributed by atoms with van der Waals surface area (Å²) in [5, 5.41) is 3.86. The maximum absolute atomic E-state index is 12.7. The SMILES string of the molecule is [N-]=[N+]=N[C@@H]1CCN2C[C@@H](OC(=O)c3ccccc3)[C@H](OC(=O)c3ccccc3)[C@H]2C1. The van der Waals surface area contributed by atoms with Gasteiger partial charge in [0.25, 0.3) is 0 Å². The molecule has 0 amide bonds. The van der Waals surface area contributed by atoms with E-state index in [1.807, 2.05) is 12.1 Å². The molecule has 2 saturated heterocycles. The average molecular weight is 406 g/mol. The maximum atomic E-state index is 12.7. The molecule has 8 nitrogen and oxygen atoms in total. The number of ether oxygens (including phenoxy) is 2. The van der Waals surface area contributed by atoms with E-state index in [2.05, 4.69) is 14.9 Å². The van der Waals surface area contributed by atoms with Crippen molar-refractivity contribution in [2.45, 2.75) is 37.1 Å². The number of azide groups is 1. The van der Waals surface area contributed by atoms with Crippen molar-refractivity contribution in [1.82, 2.24) is 4.90 Å². The first-order chi connectivity index (χ1) is 14.7. The number of hydrogen-bond donors (Lipinski definition) is 0. The lowest BCUT2D eigenvalue weighted by atomic mass is 9.96. The Hall–Kier alpha value is -3.35. The summed E-state index contributed by atoms with van der Waals surface area (Å²) in [5.41, 5.74) is 9.69. The first-order valence-electron chi connectivity index (χ1n) is 9.96. The summed E-state index contributed by atoms with van der Waals surface area (Å²) < 4.78 is 11.6. The van der Waals surface area contributed by atoms with E-state index in [9.17, 15) is 9.59 Å². The van der Waals surface area contributed by atoms with E-state index < -0.39 is 24.1 Å². The topological polar surface area (TPSA) is 105 Å². The number of fused-ring (bicyclic) bond motifs is 1. The van der Waals surface area contributed by atoms with Crippen LogP contribution >= 0.6 is 0 Å². The Balaban J connectivity index is 1.55. The molecule has 0 aromatic heterocycles. The van der Waals surface area contributed by atoms with Gasteiger partial charge in [0.1, 0.15) is 0 Å². The lowest BCUT2D eigenvalue weighted by Gasteiger charge is -2.34. The van der Waals surface area contributed by atoms with Gasteiger partial charge in [0.15, 0.2) is 12.2 Å². The van der Waals surface area contributed by atoms with Crippen molar-refractivity contribution >= 4 is 11.9 Å². The van der Waals surface area contributed by atoms with E-state index in [1.165, 1.54) is 0 Å². The summed E-state index contributed by atoms with van der Waals surface area (Å²) in [6, 6.07) is 17.1. The molecule has 2 heterocycles. The van der Waals surface area contributed by atoms with E-state index in [1.54, 1.807) is 48.5 Å². The first kappa shape index (κ1) is 19.9. The summed E-state index contributed by atoms with van der Waals surface area (Å²) in [6.45, 7) is 1.16. The zero-order valence-corrected chi connectivity index (χ0v) is 16.3. The third kappa shape index (κ3) is 4.30. The molecular weight excluding hydrogens is 384 g/mol. The number of carbonyl (C=O) groups is 2. The maximum Gasteiger partial charge on any atom is 0.338 e. The highest BCUT2D eigenvalue weighted by atomic mass is 16.6. The van der Waals surface area contributed by atoms with Crippen LogP contribution in [0.25, 0.3) is 10.4 Å². The van der Waals surface area contributed by atoms with E-state index in [0.717, 1.165) is 6.42 Å². The molecule has 0 N–H and O–H groups in total. The minimum atomic E-state index is -0.637. The van der Waals surface area contributed by atoms with Gasteiger partial charge in [-0.2, -0.15) is 0 Å². The number of benzene rings is 2. The third-order valence-electron chi connectivity index (χ3n) is 5.63. The summed E-state index contributed by atoms with van der Waals surface area (Å²) in [4.78, 5) is 30.4. The third-order valence-corrected chi connectivity index (χ3v) is 5.63. The molecular formula is C22H22N4O4. The fraction of sp³-hybridized carbons (Fsp3) is 0.364. The van der Waals surface area contributed by atoms with Crippen LogP contribution in [-0.4, -0.2) is 54.2 Å². The van der Waals surface area contributed by atoms with Crippen LogP contribution in [0.3, 0.4) is 0 Å². The van der Waals surface area contributed by atoms with Crippen LogP contribution in [0.15, 0.2) is 65.8 Å². The summed E-state index contributed by atoms with van der Waals surface area (Å²) in [5.74, 6) is -0.915. The fourth-order valence-electron chi connectivity index (χ4n) is 4.16. The summed E-state index contributed by atoms with van der Waals surface area (Å²) in [7, 11) is 0. The van der Waals surface area contributed by atoms with Crippen molar-refractivity contribution in [2.24, 2.45) is 5.11 Å². The smallest absolute Gasteiger partial charge is 0.338 e. The Bertz CT molecular complexity index is 946. The highest BCUT2D eigenvalue weighted by Gasteiger charge is 2.48. The van der Waals surface area contributed by atoms with Gasteiger partial charge in [-0.15, -0.1) is 0 Å². The molecule has 30 heavy (non-hydrogen) atoms. The summed E-state index contributed by atoms with van der Waals surface area (Å²) in [6.07, 6.45) is 0.0392. The highest BCUT2D eigenvalue weighted by Crippen LogP contribution is 2.33. The molecule has 2 aliphatic rings. The normalized spacial score (nSPS) is 25.6. The van der Waals surface area contributed by atoms with Gasteiger partial charge >= 0.3 is 11.9 Å². The van der Waals surface area contributed by atoms with Crippen LogP contribution in [0.1, 0.15) is 33.6 Å². The lowest BCUT2D eigenvalue weighted by Crippen LogP contribution is -2.45. The molecule has 0 saturated carbocycles. The Morgan fingerprint density at radius 1 is 0.967 bits per heavy atom. The second-order valence-corrected chi connectivity index (χ2v) is 7.49. The second kappa shape index (κ2) is 8.98. The molecule has 4 atom stereocenters. The molecule has 0 aliphatic carbocycles. The molecule has 0 unspecified atom stereocenters. The van der Waals surface area contributed by atoms with Crippen molar-refractivity contribution in [2.75, 3.05) is 13.1 Å². The van der Waals surface area contributed by atoms with E-state index >= 15 is 0 Å². The summed E-state index contributed by atoms with van der Waals surface area (Å²) >= 11 is 0. The van der Waals surface area contributed by atoms with Crippen molar-refractivity contribution in [3.05, 3.63) is 82.2 Å². The van der Waals surface area contributed by atoms with Gasteiger partial charge in [0.2, 0.25) is 0 Å². The van der Waals surface area contributed by atoms with E-state index in [0.29, 0.717) is 30.6 Å². The van der Waals surface area contributed by atoms with Crippen LogP contribution < -0.4 is 0 Å². The zero-order chi connectivity index (χ0) is 20.9. The quantitative estimate of drug-likeness (QED) is 0.327. The molecule has 154 valence electrons. The molecule has 0 radical (unpaired) electrons. The van der Waals surface area contributed by atoms with Crippen molar-refractivity contribution in [3.8, 4) is 0 Å². The Morgan fingerprint density at radius 3 is 2.17 bits per heavy atom. The van der Waals surface area contributed by atoms with Crippen LogP contribution in [0.4, 0.5) is 0 Å². The Morgan fingerprint density at radius 2 is 1.57 bits per heavy atom. The van der Waals surface area contributed by atoms with Crippen molar-refractivity contribution < 1.29 is 19.1 Å². The van der Waals surface area contributed by atoms with Gasteiger partial charge in [0, 0.05) is 17.5 Å². The average Bonchev–Trinajstić information content (AvgIpc) is 3.11. The molecule has 2 aliphatic heterocycles. The highest BCUT2D eigenvalue weighted by molar-refractivity contribution is 5.90. The number of nitrogens with zero attached hydrogens (tertiary/aromatic N) is 4. The second-order valence-electron chi connectivity index (χ2n) is 7.49. The van der Waals surface area contributed by atoms with Gasteiger partial charge in [-0.25, -0.2) is 9.59 Å². The zero-order valence-electron chi connectivity index (χ0n) is 16.3. The van der Waals surface area contributed by atoms with Crippen LogP contribution in [-0.2, 0) is 9.47 Å². The molecule has 4 rings (SSSR count). The molecule has 0 spiro atoms. The Kier molecular flexibility index (Phi) is 5.97. The largest absolute Gasteiger partial charge is 0.453 e. The van der Waals surface area contributed by atoms with E-state index in [-0.39, 0.29) is 12.1 Å². The number of rotatable bonds is 5. The molecule has 2 fully saturated rings. The predicted octanol–water partition coefficient (Wildman–Crippen LogP) is 3.59. The number of carbonyl (C=O) groups excluding carboxylic acids is 2. The minimum Gasteiger partial charge on any atom is -0.453 e.